The largest absolute Gasteiger partial charge is 0.394 e. The molecule has 164 valence electrons. The van der Waals surface area contributed by atoms with Gasteiger partial charge in [-0.2, -0.15) is 0 Å². The molecule has 32 heavy (non-hydrogen) atoms. The van der Waals surface area contributed by atoms with Crippen LogP contribution in [0.25, 0.3) is 11.1 Å². The Bertz CT molecular complexity index is 1120. The maximum Gasteiger partial charge on any atom is 0.237 e. The Hall–Kier alpha value is -3.09. The van der Waals surface area contributed by atoms with Gasteiger partial charge >= 0.3 is 0 Å². The first-order valence-electron chi connectivity index (χ1n) is 10.8. The molecular weight excluding hydrogens is 410 g/mol. The minimum atomic E-state index is -0.279. The van der Waals surface area contributed by atoms with Gasteiger partial charge < -0.3 is 10.0 Å². The third kappa shape index (κ3) is 3.70. The molecule has 0 spiro atoms. The monoisotopic (exact) mass is 434 g/mol. The van der Waals surface area contributed by atoms with Crippen molar-refractivity contribution in [3.63, 3.8) is 0 Å². The molecule has 0 unspecified atom stereocenters. The summed E-state index contributed by atoms with van der Waals surface area (Å²) in [6.07, 6.45) is 0. The van der Waals surface area contributed by atoms with Crippen LogP contribution >= 0.6 is 0 Å². The van der Waals surface area contributed by atoms with Gasteiger partial charge in [0.15, 0.2) is 0 Å². The van der Waals surface area contributed by atoms with Gasteiger partial charge in [-0.15, -0.1) is 0 Å². The van der Waals surface area contributed by atoms with E-state index in [1.807, 2.05) is 24.3 Å². The van der Waals surface area contributed by atoms with Crippen LogP contribution < -0.4 is 0 Å². The van der Waals surface area contributed by atoms with Gasteiger partial charge in [0.25, 0.3) is 0 Å². The summed E-state index contributed by atoms with van der Waals surface area (Å²) in [5.74, 6) is -0.535. The number of rotatable bonds is 5. The zero-order valence-corrected chi connectivity index (χ0v) is 17.5. The maximum absolute atomic E-state index is 14.1. The van der Waals surface area contributed by atoms with Crippen molar-refractivity contribution < 1.29 is 18.7 Å². The Labute approximate surface area is 185 Å². The Morgan fingerprint density at radius 1 is 0.938 bits per heavy atom. The van der Waals surface area contributed by atoms with Crippen molar-refractivity contribution in [2.45, 2.75) is 24.5 Å². The minimum Gasteiger partial charge on any atom is -0.394 e. The number of hydrogen-bond donors (Lipinski definition) is 1. The third-order valence-electron chi connectivity index (χ3n) is 6.62. The van der Waals surface area contributed by atoms with Gasteiger partial charge in [0.1, 0.15) is 11.6 Å². The summed E-state index contributed by atoms with van der Waals surface area (Å²) >= 11 is 0. The van der Waals surface area contributed by atoms with Crippen LogP contribution in [-0.4, -0.2) is 52.6 Å². The number of hydrogen-bond acceptors (Lipinski definition) is 3. The second-order valence-electron chi connectivity index (χ2n) is 8.54. The first kappa shape index (κ1) is 20.8. The zero-order chi connectivity index (χ0) is 22.2. The van der Waals surface area contributed by atoms with E-state index in [9.17, 15) is 18.7 Å². The molecule has 2 fully saturated rings. The number of aliphatic hydroxyl groups is 1. The predicted molar refractivity (Wildman–Crippen MR) is 118 cm³/mol. The molecule has 0 saturated carbocycles. The number of nitrogens with zero attached hydrogens (tertiary/aromatic N) is 2. The standard InChI is InChI=1S/C26H24F2N2O2/c27-20-11-5-17(6-12-20)13-29-14-23-26(24(16-31)30(23)25(32)15-29)19-9-7-18(8-10-19)21-3-1-2-4-22(21)28/h1-12,23-24,26,31H,13-16H2/t23-,24-,26+/m1/s1. The Morgan fingerprint density at radius 2 is 1.66 bits per heavy atom. The van der Waals surface area contributed by atoms with Crippen molar-refractivity contribution in [3.05, 3.63) is 95.6 Å². The molecule has 0 radical (unpaired) electrons. The number of fused-ring (bicyclic) bond motifs is 1. The number of halogens is 2. The Morgan fingerprint density at radius 3 is 2.34 bits per heavy atom. The van der Waals surface area contributed by atoms with Crippen LogP contribution in [0.15, 0.2) is 72.8 Å². The van der Waals surface area contributed by atoms with Gasteiger partial charge in [0.05, 0.1) is 25.2 Å². The number of benzene rings is 3. The number of carbonyl (C=O) groups is 1. The molecule has 2 aliphatic heterocycles. The summed E-state index contributed by atoms with van der Waals surface area (Å²) in [5.41, 5.74) is 3.32. The smallest absolute Gasteiger partial charge is 0.237 e. The molecule has 1 N–H and O–H groups in total. The summed E-state index contributed by atoms with van der Waals surface area (Å²) in [4.78, 5) is 16.7. The predicted octanol–water partition coefficient (Wildman–Crippen LogP) is 3.80. The van der Waals surface area contributed by atoms with Crippen molar-refractivity contribution in [2.75, 3.05) is 19.7 Å². The third-order valence-corrected chi connectivity index (χ3v) is 6.62. The molecule has 0 aliphatic carbocycles. The number of amides is 1. The number of piperazine rings is 1. The van der Waals surface area contributed by atoms with Crippen molar-refractivity contribution in [3.8, 4) is 11.1 Å². The van der Waals surface area contributed by atoms with Gasteiger partial charge in [0, 0.05) is 24.6 Å². The van der Waals surface area contributed by atoms with Gasteiger partial charge in [-0.1, -0.05) is 54.6 Å². The highest BCUT2D eigenvalue weighted by molar-refractivity contribution is 5.81. The lowest BCUT2D eigenvalue weighted by atomic mass is 9.73. The summed E-state index contributed by atoms with van der Waals surface area (Å²) in [7, 11) is 0. The van der Waals surface area contributed by atoms with E-state index in [4.69, 9.17) is 0 Å². The van der Waals surface area contributed by atoms with E-state index >= 15 is 0 Å². The molecule has 3 aromatic rings. The first-order valence-corrected chi connectivity index (χ1v) is 10.8. The molecule has 4 nitrogen and oxygen atoms in total. The fraction of sp³-hybridized carbons (Fsp3) is 0.269. The van der Waals surface area contributed by atoms with Crippen molar-refractivity contribution >= 4 is 5.91 Å². The fourth-order valence-electron chi connectivity index (χ4n) is 5.11. The van der Waals surface area contributed by atoms with Crippen molar-refractivity contribution in [2.24, 2.45) is 0 Å². The SMILES string of the molecule is O=C1CN(Cc2ccc(F)cc2)C[C@@H]2[C@H](c3ccc(-c4ccccc4F)cc3)[C@@H](CO)N12. The molecular formula is C26H24F2N2O2. The van der Waals surface area contributed by atoms with E-state index in [-0.39, 0.29) is 48.7 Å². The lowest BCUT2D eigenvalue weighted by Crippen LogP contribution is -2.72. The van der Waals surface area contributed by atoms with Crippen LogP contribution in [0.4, 0.5) is 8.78 Å². The second-order valence-corrected chi connectivity index (χ2v) is 8.54. The second kappa shape index (κ2) is 8.45. The van der Waals surface area contributed by atoms with Crippen LogP contribution in [0.3, 0.4) is 0 Å². The molecule has 0 aromatic heterocycles. The van der Waals surface area contributed by atoms with Crippen LogP contribution in [-0.2, 0) is 11.3 Å². The highest BCUT2D eigenvalue weighted by Crippen LogP contribution is 2.43. The van der Waals surface area contributed by atoms with E-state index in [2.05, 4.69) is 4.90 Å². The molecule has 5 rings (SSSR count). The molecule has 2 heterocycles. The van der Waals surface area contributed by atoms with Crippen LogP contribution in [0.5, 0.6) is 0 Å². The summed E-state index contributed by atoms with van der Waals surface area (Å²) in [6.45, 7) is 1.43. The normalized spacial score (nSPS) is 23.0. The average molecular weight is 434 g/mol. The van der Waals surface area contributed by atoms with Gasteiger partial charge in [0.2, 0.25) is 5.91 Å². The van der Waals surface area contributed by atoms with Crippen molar-refractivity contribution in [1.82, 2.24) is 9.80 Å². The highest BCUT2D eigenvalue weighted by Gasteiger charge is 2.53. The molecule has 1 amide bonds. The van der Waals surface area contributed by atoms with E-state index in [1.165, 1.54) is 18.2 Å². The summed E-state index contributed by atoms with van der Waals surface area (Å²) < 4.78 is 27.3. The van der Waals surface area contributed by atoms with Crippen molar-refractivity contribution in [1.29, 1.82) is 0 Å². The molecule has 0 bridgehead atoms. The number of carbonyl (C=O) groups excluding carboxylic acids is 1. The maximum atomic E-state index is 14.1. The van der Waals surface area contributed by atoms with Gasteiger partial charge in [-0.05, 0) is 34.9 Å². The van der Waals surface area contributed by atoms with E-state index in [0.717, 1.165) is 16.7 Å². The molecule has 3 atom stereocenters. The average Bonchev–Trinajstić information content (AvgIpc) is 2.78. The van der Waals surface area contributed by atoms with Gasteiger partial charge in [-0.3, -0.25) is 9.69 Å². The Balaban J connectivity index is 1.36. The first-order chi connectivity index (χ1) is 15.5. The van der Waals surface area contributed by atoms with E-state index < -0.39 is 0 Å². The lowest BCUT2D eigenvalue weighted by Gasteiger charge is -2.59. The Kier molecular flexibility index (Phi) is 5.49. The minimum absolute atomic E-state index is 0.00152. The van der Waals surface area contributed by atoms with E-state index in [1.54, 1.807) is 35.2 Å². The van der Waals surface area contributed by atoms with Crippen LogP contribution in [0, 0.1) is 11.6 Å². The molecule has 3 aromatic carbocycles. The van der Waals surface area contributed by atoms with Crippen LogP contribution in [0.1, 0.15) is 17.0 Å². The summed E-state index contributed by atoms with van der Waals surface area (Å²) in [6, 6.07) is 20.4. The molecule has 6 heteroatoms. The molecule has 2 aliphatic rings. The zero-order valence-electron chi connectivity index (χ0n) is 17.5. The number of aliphatic hydroxyl groups excluding tert-OH is 1. The van der Waals surface area contributed by atoms with Crippen LogP contribution in [0.2, 0.25) is 0 Å². The van der Waals surface area contributed by atoms with Gasteiger partial charge in [-0.25, -0.2) is 8.78 Å². The highest BCUT2D eigenvalue weighted by atomic mass is 19.1. The van der Waals surface area contributed by atoms with E-state index in [0.29, 0.717) is 18.7 Å². The molecule has 2 saturated heterocycles. The quantitative estimate of drug-likeness (QED) is 0.664. The fourth-order valence-corrected chi connectivity index (χ4v) is 5.11. The summed E-state index contributed by atoms with van der Waals surface area (Å²) in [5, 5.41) is 9.98. The topological polar surface area (TPSA) is 43.8 Å². The lowest BCUT2D eigenvalue weighted by molar-refractivity contribution is -0.162.